The molecule has 10 aliphatic rings. The number of fused-ring (bicyclic) bond motifs is 14. The Balaban J connectivity index is 0.000000146. The van der Waals surface area contributed by atoms with Gasteiger partial charge in [-0.15, -0.1) is 0 Å². The summed E-state index contributed by atoms with van der Waals surface area (Å²) < 4.78 is 32.8. The van der Waals surface area contributed by atoms with Crippen LogP contribution >= 0.6 is 17.1 Å². The van der Waals surface area contributed by atoms with Crippen LogP contribution in [-0.2, 0) is 18.1 Å². The summed E-state index contributed by atoms with van der Waals surface area (Å²) in [4.78, 5) is 0. The van der Waals surface area contributed by atoms with Crippen molar-refractivity contribution in [3.8, 4) is 0 Å². The molecule has 0 spiro atoms. The summed E-state index contributed by atoms with van der Waals surface area (Å²) in [5.41, 5.74) is 0. The number of hydrogen-bond donors (Lipinski definition) is 0. The predicted molar refractivity (Wildman–Crippen MR) is 232 cm³/mol. The lowest BCUT2D eigenvalue weighted by Crippen LogP contribution is -2.51. The van der Waals surface area contributed by atoms with Crippen molar-refractivity contribution in [3.05, 3.63) is 0 Å². The van der Waals surface area contributed by atoms with Crippen molar-refractivity contribution >= 4 is 17.1 Å². The molecule has 0 aromatic heterocycles. The molecule has 0 aromatic carbocycles. The molecule has 0 bridgehead atoms. The number of rotatable bonds is 6. The quantitative estimate of drug-likeness (QED) is 0.249. The first-order valence-corrected chi connectivity index (χ1v) is 27.6. The van der Waals surface area contributed by atoms with E-state index < -0.39 is 17.1 Å². The Labute approximate surface area is 346 Å². The second-order valence-electron chi connectivity index (χ2n) is 20.8. The maximum Gasteiger partial charge on any atom is 0.259 e. The molecule has 2 saturated heterocycles. The van der Waals surface area contributed by atoms with Crippen molar-refractivity contribution < 1.29 is 18.1 Å². The van der Waals surface area contributed by atoms with E-state index in [2.05, 4.69) is 37.0 Å². The van der Waals surface area contributed by atoms with E-state index in [1.807, 2.05) is 0 Å². The zero-order chi connectivity index (χ0) is 38.2. The maximum absolute atomic E-state index is 6.95. The van der Waals surface area contributed by atoms with Gasteiger partial charge >= 0.3 is 0 Å². The average molecular weight is 815 g/mol. The van der Waals surface area contributed by atoms with E-state index >= 15 is 0 Å². The minimum atomic E-state index is -0.865. The fraction of sp³-hybridized carbons (Fsp3) is 1.00. The van der Waals surface area contributed by atoms with Gasteiger partial charge in [0, 0.05) is 26.2 Å². The topological polar surface area (TPSA) is 43.4 Å². The summed E-state index contributed by atoms with van der Waals surface area (Å²) >= 11 is 0. The first-order chi connectivity index (χ1) is 27.6. The van der Waals surface area contributed by atoms with Crippen LogP contribution in [0.5, 0.6) is 0 Å². The second kappa shape index (κ2) is 19.3. The summed E-state index contributed by atoms with van der Waals surface area (Å²) in [5, 5.41) is 0. The summed E-state index contributed by atoms with van der Waals surface area (Å²) in [5.74, 6) is 10.8. The van der Waals surface area contributed by atoms with Crippen molar-refractivity contribution in [2.45, 2.75) is 206 Å². The standard InChI is InChI=1S/2C24H42NO2P/c2*1-3-25(4-2)28-26-21-15-13-17-9-5-7-11-19(17)23(21)24-20-12-8-6-10-18(20)14-16-22(24)27-28/h2*17-24H,3-16H2,1-2H3. The number of nitrogens with zero attached hydrogens (tertiary/aromatic N) is 2. The van der Waals surface area contributed by atoms with Gasteiger partial charge in [-0.2, -0.15) is 0 Å². The smallest absolute Gasteiger partial charge is 0.259 e. The van der Waals surface area contributed by atoms with Crippen molar-refractivity contribution in [1.82, 2.24) is 9.34 Å². The van der Waals surface area contributed by atoms with Crippen LogP contribution in [0.15, 0.2) is 0 Å². The highest BCUT2D eigenvalue weighted by Crippen LogP contribution is 2.64. The lowest BCUT2D eigenvalue weighted by atomic mass is 9.53. The zero-order valence-corrected chi connectivity index (χ0v) is 38.2. The summed E-state index contributed by atoms with van der Waals surface area (Å²) in [7, 11) is -1.73. The molecule has 0 N–H and O–H groups in total. The van der Waals surface area contributed by atoms with Crippen LogP contribution in [0.1, 0.15) is 182 Å². The number of hydrogen-bond acceptors (Lipinski definition) is 6. The molecule has 10 rings (SSSR count). The third-order valence-electron chi connectivity index (χ3n) is 18.6. The molecule has 8 aliphatic carbocycles. The molecule has 16 atom stereocenters. The van der Waals surface area contributed by atoms with Gasteiger partial charge in [0.05, 0.1) is 24.4 Å². The Morgan fingerprint density at radius 3 is 0.786 bits per heavy atom. The molecule has 10 fully saturated rings. The molecule has 0 amide bonds. The minimum Gasteiger partial charge on any atom is -0.318 e. The molecule has 0 radical (unpaired) electrons. The van der Waals surface area contributed by atoms with E-state index in [1.165, 1.54) is 154 Å². The van der Waals surface area contributed by atoms with E-state index in [4.69, 9.17) is 18.1 Å². The Hall–Kier alpha value is 0.620. The van der Waals surface area contributed by atoms with Crippen LogP contribution in [0.3, 0.4) is 0 Å². The minimum absolute atomic E-state index is 0.474. The van der Waals surface area contributed by atoms with Gasteiger partial charge in [0.25, 0.3) is 17.1 Å². The van der Waals surface area contributed by atoms with Crippen molar-refractivity contribution in [3.63, 3.8) is 0 Å². The van der Waals surface area contributed by atoms with E-state index in [0.717, 1.165) is 97.2 Å². The Kier molecular flexibility index (Phi) is 14.5. The molecule has 56 heavy (non-hydrogen) atoms. The van der Waals surface area contributed by atoms with Crippen LogP contribution in [0.4, 0.5) is 0 Å². The summed E-state index contributed by atoms with van der Waals surface area (Å²) in [6, 6.07) is 0. The van der Waals surface area contributed by atoms with E-state index in [1.54, 1.807) is 0 Å². The maximum atomic E-state index is 6.95. The highest BCUT2D eigenvalue weighted by Gasteiger charge is 2.57. The molecule has 0 aromatic rings. The van der Waals surface area contributed by atoms with Gasteiger partial charge in [-0.05, 0) is 148 Å². The molecule has 6 nitrogen and oxygen atoms in total. The van der Waals surface area contributed by atoms with Crippen molar-refractivity contribution in [2.24, 2.45) is 71.0 Å². The SMILES string of the molecule is CCN(CC)P1OC2CCC3CCCCC3C2C2C(CCC3CCCCC32)O1.CCN(CC)P1OC2CCC3CCCCC3C2C2C(CCC3CCCCC32)O1. The summed E-state index contributed by atoms with van der Waals surface area (Å²) in [6.45, 7) is 13.3. The Bertz CT molecular complexity index is 1070. The fourth-order valence-corrected chi connectivity index (χ4v) is 19.6. The van der Waals surface area contributed by atoms with Crippen LogP contribution < -0.4 is 0 Å². The third kappa shape index (κ3) is 8.41. The lowest BCUT2D eigenvalue weighted by Gasteiger charge is -2.53. The van der Waals surface area contributed by atoms with Crippen LogP contribution in [0.25, 0.3) is 0 Å². The predicted octanol–water partition coefficient (Wildman–Crippen LogP) is 13.5. The van der Waals surface area contributed by atoms with Crippen molar-refractivity contribution in [1.29, 1.82) is 0 Å². The average Bonchev–Trinajstić information content (AvgIpc) is 3.53. The highest BCUT2D eigenvalue weighted by molar-refractivity contribution is 7.44. The third-order valence-corrected chi connectivity index (χ3v) is 22.4. The van der Waals surface area contributed by atoms with Crippen molar-refractivity contribution in [2.75, 3.05) is 26.2 Å². The van der Waals surface area contributed by atoms with Gasteiger partial charge in [-0.3, -0.25) is 0 Å². The van der Waals surface area contributed by atoms with Gasteiger partial charge in [0.1, 0.15) is 0 Å². The molecule has 16 unspecified atom stereocenters. The van der Waals surface area contributed by atoms with Crippen LogP contribution in [-0.4, -0.2) is 59.9 Å². The molecule has 8 saturated carbocycles. The first kappa shape index (κ1) is 41.9. The lowest BCUT2D eigenvalue weighted by molar-refractivity contribution is -0.0856. The largest absolute Gasteiger partial charge is 0.318 e. The fourth-order valence-electron chi connectivity index (χ4n) is 16.1. The zero-order valence-electron chi connectivity index (χ0n) is 36.5. The van der Waals surface area contributed by atoms with Gasteiger partial charge < -0.3 is 18.1 Å². The molecule has 2 aliphatic heterocycles. The van der Waals surface area contributed by atoms with E-state index in [0.29, 0.717) is 24.4 Å². The van der Waals surface area contributed by atoms with Gasteiger partial charge in [0.15, 0.2) is 0 Å². The van der Waals surface area contributed by atoms with Gasteiger partial charge in [0.2, 0.25) is 0 Å². The van der Waals surface area contributed by atoms with Crippen LogP contribution in [0, 0.1) is 71.0 Å². The molecule has 2 heterocycles. The highest BCUT2D eigenvalue weighted by atomic mass is 31.2. The summed E-state index contributed by atoms with van der Waals surface area (Å²) in [6.07, 6.45) is 36.3. The molecular formula is C48H84N2O4P2. The van der Waals surface area contributed by atoms with E-state index in [9.17, 15) is 0 Å². The second-order valence-corrected chi connectivity index (χ2v) is 23.7. The Morgan fingerprint density at radius 1 is 0.321 bits per heavy atom. The Morgan fingerprint density at radius 2 is 0.554 bits per heavy atom. The van der Waals surface area contributed by atoms with Gasteiger partial charge in [-0.1, -0.05) is 105 Å². The molecule has 320 valence electrons. The van der Waals surface area contributed by atoms with Gasteiger partial charge in [-0.25, -0.2) is 9.34 Å². The first-order valence-electron chi connectivity index (χ1n) is 25.4. The monoisotopic (exact) mass is 815 g/mol. The normalized spacial score (nSPS) is 48.8. The molecule has 8 heteroatoms. The van der Waals surface area contributed by atoms with Crippen LogP contribution in [0.2, 0.25) is 0 Å². The molecular weight excluding hydrogens is 730 g/mol. The van der Waals surface area contributed by atoms with E-state index in [-0.39, 0.29) is 0 Å².